The van der Waals surface area contributed by atoms with Crippen molar-refractivity contribution < 1.29 is 0 Å². The number of hydrogen-bond acceptors (Lipinski definition) is 5. The van der Waals surface area contributed by atoms with Crippen molar-refractivity contribution in [3.8, 4) is 5.69 Å². The molecule has 0 atom stereocenters. The smallest absolute Gasteiger partial charge is 0.170 e. The van der Waals surface area contributed by atoms with Crippen LogP contribution in [0.25, 0.3) is 16.9 Å². The Morgan fingerprint density at radius 2 is 1.88 bits per heavy atom. The Labute approximate surface area is 150 Å². The van der Waals surface area contributed by atoms with Gasteiger partial charge < -0.3 is 10.6 Å². The van der Waals surface area contributed by atoms with E-state index in [-0.39, 0.29) is 0 Å². The highest BCUT2D eigenvalue weighted by Gasteiger charge is 2.16. The first-order valence-electron chi connectivity index (χ1n) is 7.57. The maximum Gasteiger partial charge on any atom is 0.170 e. The molecule has 3 rings (SSSR count). The lowest BCUT2D eigenvalue weighted by atomic mass is 10.2. The molecular weight excluding hydrogens is 347 g/mol. The fourth-order valence-electron chi connectivity index (χ4n) is 2.55. The first kappa shape index (κ1) is 16.8. The number of nitrogens with zero attached hydrogens (tertiary/aromatic N) is 5. The minimum atomic E-state index is 0.484. The number of anilines is 2. The highest BCUT2D eigenvalue weighted by atomic mass is 35.5. The van der Waals surface area contributed by atoms with Gasteiger partial charge in [0.15, 0.2) is 17.0 Å². The first-order chi connectivity index (χ1) is 11.7. The Morgan fingerprint density at radius 1 is 1.12 bits per heavy atom. The third-order valence-corrected chi connectivity index (χ3v) is 4.20. The zero-order valence-corrected chi connectivity index (χ0v) is 14.8. The van der Waals surface area contributed by atoms with Gasteiger partial charge in [0, 0.05) is 30.5 Å². The van der Waals surface area contributed by atoms with Crippen molar-refractivity contribution in [2.24, 2.45) is 0 Å². The van der Waals surface area contributed by atoms with Crippen LogP contribution in [0.1, 0.15) is 5.56 Å². The zero-order chi connectivity index (χ0) is 17.1. The average molecular weight is 365 g/mol. The van der Waals surface area contributed by atoms with Crippen molar-refractivity contribution in [1.82, 2.24) is 19.5 Å². The molecule has 1 aromatic carbocycles. The number of benzene rings is 1. The van der Waals surface area contributed by atoms with E-state index in [1.165, 1.54) is 6.33 Å². The van der Waals surface area contributed by atoms with Crippen LogP contribution < -0.4 is 10.6 Å². The van der Waals surface area contributed by atoms with Crippen molar-refractivity contribution in [2.45, 2.75) is 6.92 Å². The molecule has 3 aromatic rings. The van der Waals surface area contributed by atoms with Crippen LogP contribution in [0.4, 0.5) is 11.5 Å². The van der Waals surface area contributed by atoms with E-state index in [9.17, 15) is 0 Å². The van der Waals surface area contributed by atoms with E-state index >= 15 is 0 Å². The highest BCUT2D eigenvalue weighted by molar-refractivity contribution is 6.18. The summed E-state index contributed by atoms with van der Waals surface area (Å²) in [5.74, 6) is 1.70. The van der Waals surface area contributed by atoms with E-state index in [0.717, 1.165) is 28.4 Å². The van der Waals surface area contributed by atoms with Crippen molar-refractivity contribution in [1.29, 1.82) is 0 Å². The molecule has 2 heterocycles. The van der Waals surface area contributed by atoms with Crippen LogP contribution in [0.2, 0.25) is 0 Å². The Balaban J connectivity index is 2.10. The molecule has 2 N–H and O–H groups in total. The van der Waals surface area contributed by atoms with Crippen molar-refractivity contribution in [3.63, 3.8) is 0 Å². The topological polar surface area (TPSA) is 72.9 Å². The molecule has 0 aliphatic carbocycles. The first-order valence-corrected chi connectivity index (χ1v) is 8.64. The number of fused-ring (bicyclic) bond motifs is 1. The standard InChI is InChI=1S/C16H18Cl2N6/c1-11-2-3-12(8-13(11)19)24-10-22-14-15(20-9-21-16(14)24)23(6-4-17)7-5-18/h2-3,8-10H,4-7,19H2,1H3. The number of hydrogen-bond donors (Lipinski definition) is 1. The molecule has 0 amide bonds. The molecule has 0 radical (unpaired) electrons. The molecule has 0 unspecified atom stereocenters. The summed E-state index contributed by atoms with van der Waals surface area (Å²) in [7, 11) is 0. The SMILES string of the molecule is Cc1ccc(-n2cnc3c(N(CCCl)CCCl)ncnc32)cc1N. The number of aryl methyl sites for hydroxylation is 1. The monoisotopic (exact) mass is 364 g/mol. The second-order valence-electron chi connectivity index (χ2n) is 5.39. The largest absolute Gasteiger partial charge is 0.398 e. The summed E-state index contributed by atoms with van der Waals surface area (Å²) >= 11 is 11.8. The molecule has 0 aliphatic rings. The van der Waals surface area contributed by atoms with Gasteiger partial charge in [-0.15, -0.1) is 23.2 Å². The predicted octanol–water partition coefficient (Wildman–Crippen LogP) is 2.99. The number of nitrogen functional groups attached to an aromatic ring is 1. The van der Waals surface area contributed by atoms with Gasteiger partial charge in [0.05, 0.1) is 5.69 Å². The van der Waals surface area contributed by atoms with Gasteiger partial charge in [-0.2, -0.15) is 0 Å². The van der Waals surface area contributed by atoms with Gasteiger partial charge in [0.25, 0.3) is 0 Å². The Hall–Kier alpha value is -2.05. The Morgan fingerprint density at radius 3 is 2.54 bits per heavy atom. The second kappa shape index (κ2) is 7.23. The fraction of sp³-hybridized carbons (Fsp3) is 0.312. The minimum absolute atomic E-state index is 0.484. The summed E-state index contributed by atoms with van der Waals surface area (Å²) in [5.41, 5.74) is 10.1. The summed E-state index contributed by atoms with van der Waals surface area (Å²) in [6, 6.07) is 5.88. The number of halogens is 2. The molecule has 0 spiro atoms. The van der Waals surface area contributed by atoms with Crippen LogP contribution in [0.3, 0.4) is 0 Å². The molecule has 0 bridgehead atoms. The fourth-order valence-corrected chi connectivity index (χ4v) is 2.96. The number of imidazole rings is 1. The Kier molecular flexibility index (Phi) is 5.06. The lowest BCUT2D eigenvalue weighted by Crippen LogP contribution is -2.28. The van der Waals surface area contributed by atoms with E-state index in [1.54, 1.807) is 6.33 Å². The summed E-state index contributed by atoms with van der Waals surface area (Å²) in [6.45, 7) is 3.26. The number of rotatable bonds is 6. The van der Waals surface area contributed by atoms with Crippen LogP contribution in [0.15, 0.2) is 30.9 Å². The minimum Gasteiger partial charge on any atom is -0.398 e. The maximum absolute atomic E-state index is 6.02. The second-order valence-corrected chi connectivity index (χ2v) is 6.15. The van der Waals surface area contributed by atoms with E-state index in [1.807, 2.05) is 34.6 Å². The van der Waals surface area contributed by atoms with E-state index < -0.39 is 0 Å². The van der Waals surface area contributed by atoms with Crippen LogP contribution in [-0.4, -0.2) is 44.4 Å². The van der Waals surface area contributed by atoms with Gasteiger partial charge in [0.2, 0.25) is 0 Å². The molecule has 2 aromatic heterocycles. The van der Waals surface area contributed by atoms with Gasteiger partial charge >= 0.3 is 0 Å². The van der Waals surface area contributed by atoms with Gasteiger partial charge in [-0.25, -0.2) is 15.0 Å². The van der Waals surface area contributed by atoms with Crippen molar-refractivity contribution >= 4 is 45.9 Å². The molecule has 0 saturated heterocycles. The quantitative estimate of drug-likeness (QED) is 0.537. The third-order valence-electron chi connectivity index (χ3n) is 3.86. The third kappa shape index (κ3) is 3.12. The molecule has 6 nitrogen and oxygen atoms in total. The molecule has 0 saturated carbocycles. The number of alkyl halides is 2. The van der Waals surface area contributed by atoms with E-state index in [4.69, 9.17) is 28.9 Å². The molecule has 24 heavy (non-hydrogen) atoms. The van der Waals surface area contributed by atoms with E-state index in [2.05, 4.69) is 15.0 Å². The molecule has 0 fully saturated rings. The van der Waals surface area contributed by atoms with Crippen LogP contribution in [0.5, 0.6) is 0 Å². The van der Waals surface area contributed by atoms with Gasteiger partial charge in [-0.3, -0.25) is 4.57 Å². The summed E-state index contributed by atoms with van der Waals surface area (Å²) in [4.78, 5) is 15.3. The van der Waals surface area contributed by atoms with Crippen molar-refractivity contribution in [3.05, 3.63) is 36.4 Å². The van der Waals surface area contributed by atoms with E-state index in [0.29, 0.717) is 30.4 Å². The van der Waals surface area contributed by atoms with Crippen molar-refractivity contribution in [2.75, 3.05) is 35.5 Å². The van der Waals surface area contributed by atoms with Gasteiger partial charge in [0.1, 0.15) is 12.7 Å². The normalized spacial score (nSPS) is 11.1. The molecule has 126 valence electrons. The predicted molar refractivity (Wildman–Crippen MR) is 99.5 cm³/mol. The highest BCUT2D eigenvalue weighted by Crippen LogP contribution is 2.25. The number of aromatic nitrogens is 4. The molecule has 8 heteroatoms. The Bertz CT molecular complexity index is 842. The van der Waals surface area contributed by atoms with Crippen LogP contribution >= 0.6 is 23.2 Å². The van der Waals surface area contributed by atoms with Crippen LogP contribution in [0, 0.1) is 6.92 Å². The molecular formula is C16H18Cl2N6. The lowest BCUT2D eigenvalue weighted by molar-refractivity contribution is 0.854. The van der Waals surface area contributed by atoms with Gasteiger partial charge in [-0.05, 0) is 24.6 Å². The summed E-state index contributed by atoms with van der Waals surface area (Å²) < 4.78 is 1.90. The van der Waals surface area contributed by atoms with Gasteiger partial charge in [-0.1, -0.05) is 6.07 Å². The maximum atomic E-state index is 6.02. The lowest BCUT2D eigenvalue weighted by Gasteiger charge is -2.21. The average Bonchev–Trinajstić information content (AvgIpc) is 3.01. The zero-order valence-electron chi connectivity index (χ0n) is 13.3. The van der Waals surface area contributed by atoms with Crippen LogP contribution in [-0.2, 0) is 0 Å². The summed E-state index contributed by atoms with van der Waals surface area (Å²) in [5, 5.41) is 0. The number of nitrogens with two attached hydrogens (primary N) is 1. The summed E-state index contributed by atoms with van der Waals surface area (Å²) in [6.07, 6.45) is 3.26. The molecule has 0 aliphatic heterocycles.